The molecule has 1 fully saturated rings. The smallest absolute Gasteiger partial charge is 0.309 e. The Labute approximate surface area is 112 Å². The van der Waals surface area contributed by atoms with E-state index < -0.39 is 11.4 Å². The standard InChI is InChI=1S/C14H17ClO3/c1-2-18-12-5-4-10(8-11(12)15)9-14(13(16)17)6-3-7-14/h4-5,8H,2-3,6-7,9H2,1H3,(H,16,17). The lowest BCUT2D eigenvalue weighted by Crippen LogP contribution is -2.39. The minimum Gasteiger partial charge on any atom is -0.492 e. The van der Waals surface area contributed by atoms with Crippen molar-refractivity contribution in [3.63, 3.8) is 0 Å². The lowest BCUT2D eigenvalue weighted by molar-refractivity contribution is -0.154. The summed E-state index contributed by atoms with van der Waals surface area (Å²) < 4.78 is 5.36. The maximum absolute atomic E-state index is 11.3. The lowest BCUT2D eigenvalue weighted by atomic mass is 9.65. The van der Waals surface area contributed by atoms with Gasteiger partial charge in [0.15, 0.2) is 0 Å². The SMILES string of the molecule is CCOc1ccc(CC2(C(=O)O)CCC2)cc1Cl. The van der Waals surface area contributed by atoms with Crippen LogP contribution in [0.1, 0.15) is 31.7 Å². The Morgan fingerprint density at radius 1 is 1.50 bits per heavy atom. The van der Waals surface area contributed by atoms with Gasteiger partial charge in [0.2, 0.25) is 0 Å². The maximum Gasteiger partial charge on any atom is 0.309 e. The fraction of sp³-hybridized carbons (Fsp3) is 0.500. The zero-order chi connectivity index (χ0) is 13.2. The summed E-state index contributed by atoms with van der Waals surface area (Å²) in [6.07, 6.45) is 3.06. The lowest BCUT2D eigenvalue weighted by Gasteiger charge is -2.37. The van der Waals surface area contributed by atoms with Crippen LogP contribution in [0, 0.1) is 5.41 Å². The first-order valence-electron chi connectivity index (χ1n) is 6.22. The predicted molar refractivity (Wildman–Crippen MR) is 70.2 cm³/mol. The molecule has 0 heterocycles. The molecule has 0 spiro atoms. The van der Waals surface area contributed by atoms with Crippen LogP contribution in [-0.2, 0) is 11.2 Å². The molecule has 2 rings (SSSR count). The van der Waals surface area contributed by atoms with E-state index in [4.69, 9.17) is 16.3 Å². The zero-order valence-corrected chi connectivity index (χ0v) is 11.2. The molecule has 0 aliphatic heterocycles. The van der Waals surface area contributed by atoms with Crippen molar-refractivity contribution in [3.05, 3.63) is 28.8 Å². The van der Waals surface area contributed by atoms with Crippen molar-refractivity contribution in [2.75, 3.05) is 6.61 Å². The summed E-state index contributed by atoms with van der Waals surface area (Å²) in [6, 6.07) is 5.53. The second-order valence-electron chi connectivity index (χ2n) is 4.81. The summed E-state index contributed by atoms with van der Waals surface area (Å²) in [5.74, 6) is -0.0420. The fourth-order valence-electron chi connectivity index (χ4n) is 2.39. The molecule has 0 bridgehead atoms. The monoisotopic (exact) mass is 268 g/mol. The minimum absolute atomic E-state index is 0.550. The highest BCUT2D eigenvalue weighted by Crippen LogP contribution is 2.44. The largest absolute Gasteiger partial charge is 0.492 e. The molecule has 1 aromatic rings. The molecule has 0 unspecified atom stereocenters. The number of ether oxygens (including phenoxy) is 1. The molecule has 1 aromatic carbocycles. The molecular formula is C14H17ClO3. The zero-order valence-electron chi connectivity index (χ0n) is 10.4. The molecule has 0 saturated heterocycles. The molecule has 0 radical (unpaired) electrons. The van der Waals surface area contributed by atoms with Crippen molar-refractivity contribution in [1.82, 2.24) is 0 Å². The van der Waals surface area contributed by atoms with Gasteiger partial charge in [0.05, 0.1) is 17.0 Å². The van der Waals surface area contributed by atoms with Crippen LogP contribution in [0.3, 0.4) is 0 Å². The number of benzene rings is 1. The predicted octanol–water partition coefficient (Wildman–Crippen LogP) is 3.54. The normalized spacial score (nSPS) is 17.0. The van der Waals surface area contributed by atoms with Gasteiger partial charge in [-0.05, 0) is 43.9 Å². The molecule has 1 aliphatic rings. The van der Waals surface area contributed by atoms with Crippen LogP contribution in [0.2, 0.25) is 5.02 Å². The molecule has 3 nitrogen and oxygen atoms in total. The number of carboxylic acids is 1. The van der Waals surface area contributed by atoms with Gasteiger partial charge < -0.3 is 9.84 Å². The van der Waals surface area contributed by atoms with Gasteiger partial charge in [-0.3, -0.25) is 4.79 Å². The van der Waals surface area contributed by atoms with Crippen LogP contribution in [0.5, 0.6) is 5.75 Å². The van der Waals surface area contributed by atoms with Gasteiger partial charge in [-0.15, -0.1) is 0 Å². The number of aliphatic carboxylic acids is 1. The number of carbonyl (C=O) groups is 1. The van der Waals surface area contributed by atoms with Crippen LogP contribution in [0.4, 0.5) is 0 Å². The fourth-order valence-corrected chi connectivity index (χ4v) is 2.65. The molecule has 4 heteroatoms. The van der Waals surface area contributed by atoms with E-state index in [-0.39, 0.29) is 0 Å². The molecule has 0 amide bonds. The summed E-state index contributed by atoms with van der Waals surface area (Å²) in [5.41, 5.74) is 0.391. The summed E-state index contributed by atoms with van der Waals surface area (Å²) in [5, 5.41) is 9.85. The molecule has 1 aliphatic carbocycles. The molecule has 1 N–H and O–H groups in total. The highest BCUT2D eigenvalue weighted by Gasteiger charge is 2.44. The van der Waals surface area contributed by atoms with E-state index >= 15 is 0 Å². The summed E-state index contributed by atoms with van der Waals surface area (Å²) in [7, 11) is 0. The molecule has 0 atom stereocenters. The van der Waals surface area contributed by atoms with Crippen LogP contribution in [0.25, 0.3) is 0 Å². The first-order valence-corrected chi connectivity index (χ1v) is 6.60. The Bertz CT molecular complexity index is 452. The van der Waals surface area contributed by atoms with Crippen molar-refractivity contribution in [2.24, 2.45) is 5.41 Å². The third-order valence-electron chi connectivity index (χ3n) is 3.60. The van der Waals surface area contributed by atoms with Crippen LogP contribution >= 0.6 is 11.6 Å². The number of hydrogen-bond donors (Lipinski definition) is 1. The van der Waals surface area contributed by atoms with Gasteiger partial charge in [0, 0.05) is 0 Å². The Kier molecular flexibility index (Phi) is 3.81. The van der Waals surface area contributed by atoms with Gasteiger partial charge in [-0.25, -0.2) is 0 Å². The first kappa shape index (κ1) is 13.2. The highest BCUT2D eigenvalue weighted by molar-refractivity contribution is 6.32. The second-order valence-corrected chi connectivity index (χ2v) is 5.22. The average molecular weight is 269 g/mol. The number of hydrogen-bond acceptors (Lipinski definition) is 2. The van der Waals surface area contributed by atoms with Gasteiger partial charge in [0.25, 0.3) is 0 Å². The molecular weight excluding hydrogens is 252 g/mol. The Morgan fingerprint density at radius 2 is 2.22 bits per heavy atom. The summed E-state index contributed by atoms with van der Waals surface area (Å²) in [4.78, 5) is 11.3. The summed E-state index contributed by atoms with van der Waals surface area (Å²) >= 11 is 6.11. The maximum atomic E-state index is 11.3. The van der Waals surface area contributed by atoms with Crippen molar-refractivity contribution in [2.45, 2.75) is 32.6 Å². The van der Waals surface area contributed by atoms with Crippen molar-refractivity contribution < 1.29 is 14.6 Å². The Balaban J connectivity index is 2.15. The quantitative estimate of drug-likeness (QED) is 0.888. The number of carboxylic acid groups (broad SMARTS) is 1. The topological polar surface area (TPSA) is 46.5 Å². The van der Waals surface area contributed by atoms with Gasteiger partial charge >= 0.3 is 5.97 Å². The third kappa shape index (κ3) is 2.46. The number of halogens is 1. The molecule has 98 valence electrons. The van der Waals surface area contributed by atoms with Crippen LogP contribution < -0.4 is 4.74 Å². The van der Waals surface area contributed by atoms with E-state index in [1.54, 1.807) is 0 Å². The minimum atomic E-state index is -0.696. The average Bonchev–Trinajstić information content (AvgIpc) is 2.27. The van der Waals surface area contributed by atoms with E-state index in [1.165, 1.54) is 0 Å². The molecule has 0 aromatic heterocycles. The Hall–Kier alpha value is -1.22. The van der Waals surface area contributed by atoms with Crippen molar-refractivity contribution in [1.29, 1.82) is 0 Å². The van der Waals surface area contributed by atoms with E-state index in [9.17, 15) is 9.90 Å². The third-order valence-corrected chi connectivity index (χ3v) is 3.90. The van der Waals surface area contributed by atoms with Gasteiger partial charge in [-0.2, -0.15) is 0 Å². The molecule has 1 saturated carbocycles. The molecule has 18 heavy (non-hydrogen) atoms. The van der Waals surface area contributed by atoms with Gasteiger partial charge in [-0.1, -0.05) is 24.1 Å². The number of rotatable bonds is 5. The van der Waals surface area contributed by atoms with E-state index in [0.29, 0.717) is 23.8 Å². The van der Waals surface area contributed by atoms with Crippen LogP contribution in [-0.4, -0.2) is 17.7 Å². The van der Waals surface area contributed by atoms with Crippen molar-refractivity contribution in [3.8, 4) is 5.75 Å². The Morgan fingerprint density at radius 3 is 2.67 bits per heavy atom. The first-order chi connectivity index (χ1) is 8.57. The second kappa shape index (κ2) is 5.19. The van der Waals surface area contributed by atoms with Gasteiger partial charge in [0.1, 0.15) is 5.75 Å². The van der Waals surface area contributed by atoms with Crippen molar-refractivity contribution >= 4 is 17.6 Å². The van der Waals surface area contributed by atoms with E-state index in [1.807, 2.05) is 25.1 Å². The van der Waals surface area contributed by atoms with E-state index in [2.05, 4.69) is 0 Å². The highest BCUT2D eigenvalue weighted by atomic mass is 35.5. The van der Waals surface area contributed by atoms with Crippen LogP contribution in [0.15, 0.2) is 18.2 Å². The van der Waals surface area contributed by atoms with E-state index in [0.717, 1.165) is 24.8 Å². The summed E-state index contributed by atoms with van der Waals surface area (Å²) in [6.45, 7) is 2.47.